The van der Waals surface area contributed by atoms with Crippen molar-refractivity contribution in [3.63, 3.8) is 0 Å². The zero-order valence-electron chi connectivity index (χ0n) is 16.7. The Balaban J connectivity index is 1.64. The first-order chi connectivity index (χ1) is 12.8. The molecule has 1 aromatic heterocycles. The minimum Gasteiger partial charge on any atom is -0.449 e. The van der Waals surface area contributed by atoms with Gasteiger partial charge in [0, 0.05) is 50.4 Å². The fraction of sp³-hybridized carbons (Fsp3) is 0.667. The molecule has 1 aromatic rings. The lowest BCUT2D eigenvalue weighted by Gasteiger charge is -2.48. The van der Waals surface area contributed by atoms with Gasteiger partial charge in [-0.1, -0.05) is 26.8 Å². The van der Waals surface area contributed by atoms with E-state index in [1.165, 1.54) is 0 Å². The third kappa shape index (κ3) is 5.21. The average Bonchev–Trinajstić information content (AvgIpc) is 2.63. The molecule has 27 heavy (non-hydrogen) atoms. The van der Waals surface area contributed by atoms with Crippen molar-refractivity contribution in [3.8, 4) is 0 Å². The van der Waals surface area contributed by atoms with Crippen LogP contribution in [0.1, 0.15) is 52.0 Å². The maximum Gasteiger partial charge on any atom is 0.409 e. The van der Waals surface area contributed by atoms with Gasteiger partial charge in [0.05, 0.1) is 6.61 Å². The molecule has 0 aliphatic carbocycles. The molecule has 0 bridgehead atoms. The molecule has 0 unspecified atom stereocenters. The molecule has 1 spiro atoms. The minimum atomic E-state index is -0.222. The first-order valence-corrected chi connectivity index (χ1v) is 9.85. The summed E-state index contributed by atoms with van der Waals surface area (Å²) >= 11 is 0. The fourth-order valence-corrected chi connectivity index (χ4v) is 4.02. The van der Waals surface area contributed by atoms with E-state index in [9.17, 15) is 9.59 Å². The van der Waals surface area contributed by atoms with Crippen molar-refractivity contribution in [2.45, 2.75) is 53.0 Å². The number of carbonyl (C=O) groups excluding carboxylic acids is 2. The highest BCUT2D eigenvalue weighted by Gasteiger charge is 2.43. The standard InChI is InChI=1S/C21H31N3O3/c1-20(2,3)16-27-19(26)23-11-5-8-21(14-23)9-7-18(25)24(15-21)13-17-6-4-10-22-12-17/h4,6,10,12H,5,7-9,11,13-16H2,1-3H3/t21-/m1/s1. The van der Waals surface area contributed by atoms with Crippen LogP contribution in [0.3, 0.4) is 0 Å². The number of rotatable bonds is 3. The predicted molar refractivity (Wildman–Crippen MR) is 103 cm³/mol. The lowest BCUT2D eigenvalue weighted by Crippen LogP contribution is -2.55. The van der Waals surface area contributed by atoms with Crippen LogP contribution in [0.4, 0.5) is 4.79 Å². The molecule has 0 N–H and O–H groups in total. The first kappa shape index (κ1) is 19.6. The summed E-state index contributed by atoms with van der Waals surface area (Å²) in [6.07, 6.45) is 6.73. The van der Waals surface area contributed by atoms with Gasteiger partial charge < -0.3 is 14.5 Å². The Bertz CT molecular complexity index is 671. The molecule has 0 saturated carbocycles. The summed E-state index contributed by atoms with van der Waals surface area (Å²) in [5.74, 6) is 0.192. The Morgan fingerprint density at radius 3 is 2.81 bits per heavy atom. The molecule has 2 aliphatic heterocycles. The molecule has 2 fully saturated rings. The average molecular weight is 373 g/mol. The number of piperidine rings is 2. The molecular weight excluding hydrogens is 342 g/mol. The number of aromatic nitrogens is 1. The van der Waals surface area contributed by atoms with E-state index in [1.807, 2.05) is 28.1 Å². The second kappa shape index (κ2) is 7.87. The van der Waals surface area contributed by atoms with Crippen molar-refractivity contribution in [1.29, 1.82) is 0 Å². The van der Waals surface area contributed by atoms with E-state index >= 15 is 0 Å². The van der Waals surface area contributed by atoms with Crippen LogP contribution in [0.5, 0.6) is 0 Å². The monoisotopic (exact) mass is 373 g/mol. The fourth-order valence-electron chi connectivity index (χ4n) is 4.02. The summed E-state index contributed by atoms with van der Waals surface area (Å²) in [6.45, 7) is 9.28. The molecule has 3 heterocycles. The lowest BCUT2D eigenvalue weighted by atomic mass is 9.73. The van der Waals surface area contributed by atoms with E-state index in [-0.39, 0.29) is 22.8 Å². The minimum absolute atomic E-state index is 0.0187. The maximum atomic E-state index is 12.5. The van der Waals surface area contributed by atoms with Crippen molar-refractivity contribution in [3.05, 3.63) is 30.1 Å². The second-order valence-electron chi connectivity index (χ2n) is 9.25. The second-order valence-corrected chi connectivity index (χ2v) is 9.25. The SMILES string of the molecule is CC(C)(C)COC(=O)N1CCC[C@@]2(CCC(=O)N(Cc3cccnc3)C2)C1. The smallest absolute Gasteiger partial charge is 0.409 e. The number of amides is 2. The van der Waals surface area contributed by atoms with E-state index in [2.05, 4.69) is 25.8 Å². The van der Waals surface area contributed by atoms with Gasteiger partial charge in [-0.05, 0) is 36.3 Å². The van der Waals surface area contributed by atoms with Crippen LogP contribution in [0, 0.1) is 10.8 Å². The van der Waals surface area contributed by atoms with Gasteiger partial charge in [0.15, 0.2) is 0 Å². The number of pyridine rings is 1. The Morgan fingerprint density at radius 1 is 1.30 bits per heavy atom. The number of likely N-dealkylation sites (tertiary alicyclic amines) is 2. The van der Waals surface area contributed by atoms with Crippen molar-refractivity contribution in [2.75, 3.05) is 26.2 Å². The Hall–Kier alpha value is -2.11. The van der Waals surface area contributed by atoms with Crippen LogP contribution in [0.2, 0.25) is 0 Å². The van der Waals surface area contributed by atoms with E-state index in [0.29, 0.717) is 32.7 Å². The van der Waals surface area contributed by atoms with Gasteiger partial charge >= 0.3 is 6.09 Å². The van der Waals surface area contributed by atoms with Gasteiger partial charge in [0.25, 0.3) is 0 Å². The predicted octanol–water partition coefficient (Wildman–Crippen LogP) is 3.47. The van der Waals surface area contributed by atoms with Crippen LogP contribution < -0.4 is 0 Å². The summed E-state index contributed by atoms with van der Waals surface area (Å²) in [6, 6.07) is 3.89. The number of hydrogen-bond acceptors (Lipinski definition) is 4. The molecule has 0 aromatic carbocycles. The van der Waals surface area contributed by atoms with Gasteiger partial charge in [-0.3, -0.25) is 9.78 Å². The third-order valence-electron chi connectivity index (χ3n) is 5.39. The van der Waals surface area contributed by atoms with Crippen molar-refractivity contribution >= 4 is 12.0 Å². The van der Waals surface area contributed by atoms with Gasteiger partial charge in [-0.2, -0.15) is 0 Å². The Kier molecular flexibility index (Phi) is 5.72. The molecule has 0 radical (unpaired) electrons. The highest BCUT2D eigenvalue weighted by Crippen LogP contribution is 2.39. The highest BCUT2D eigenvalue weighted by molar-refractivity contribution is 5.77. The van der Waals surface area contributed by atoms with Crippen LogP contribution in [-0.2, 0) is 16.1 Å². The van der Waals surface area contributed by atoms with Gasteiger partial charge in [0.2, 0.25) is 5.91 Å². The van der Waals surface area contributed by atoms with Crippen LogP contribution in [0.25, 0.3) is 0 Å². The number of ether oxygens (including phenoxy) is 1. The van der Waals surface area contributed by atoms with Crippen LogP contribution in [-0.4, -0.2) is 53.0 Å². The molecular formula is C21H31N3O3. The van der Waals surface area contributed by atoms with E-state index < -0.39 is 0 Å². The zero-order chi connectivity index (χ0) is 19.5. The van der Waals surface area contributed by atoms with Crippen molar-refractivity contribution in [1.82, 2.24) is 14.8 Å². The first-order valence-electron chi connectivity index (χ1n) is 9.85. The third-order valence-corrected chi connectivity index (χ3v) is 5.39. The zero-order valence-corrected chi connectivity index (χ0v) is 16.7. The van der Waals surface area contributed by atoms with E-state index in [1.54, 1.807) is 6.20 Å². The maximum absolute atomic E-state index is 12.5. The molecule has 2 aliphatic rings. The topological polar surface area (TPSA) is 62.7 Å². The van der Waals surface area contributed by atoms with E-state index in [0.717, 1.165) is 31.4 Å². The van der Waals surface area contributed by atoms with Gasteiger partial charge in [0.1, 0.15) is 0 Å². The normalized spacial score (nSPS) is 23.6. The summed E-state index contributed by atoms with van der Waals surface area (Å²) in [5.41, 5.74) is 0.982. The summed E-state index contributed by atoms with van der Waals surface area (Å²) in [5, 5.41) is 0. The molecule has 148 valence electrons. The van der Waals surface area contributed by atoms with Crippen molar-refractivity contribution in [2.24, 2.45) is 10.8 Å². The van der Waals surface area contributed by atoms with Gasteiger partial charge in [-0.15, -0.1) is 0 Å². The van der Waals surface area contributed by atoms with Crippen molar-refractivity contribution < 1.29 is 14.3 Å². The molecule has 6 heteroatoms. The molecule has 3 rings (SSSR count). The summed E-state index contributed by atoms with van der Waals surface area (Å²) < 4.78 is 5.52. The largest absolute Gasteiger partial charge is 0.449 e. The summed E-state index contributed by atoms with van der Waals surface area (Å²) in [4.78, 5) is 32.9. The number of carbonyl (C=O) groups is 2. The molecule has 2 saturated heterocycles. The number of hydrogen-bond donors (Lipinski definition) is 0. The van der Waals surface area contributed by atoms with Crippen LogP contribution >= 0.6 is 0 Å². The lowest BCUT2D eigenvalue weighted by molar-refractivity contribution is -0.139. The highest BCUT2D eigenvalue weighted by atomic mass is 16.6. The quantitative estimate of drug-likeness (QED) is 0.814. The molecule has 2 amide bonds. The number of nitrogens with zero attached hydrogens (tertiary/aromatic N) is 3. The van der Waals surface area contributed by atoms with E-state index in [4.69, 9.17) is 4.74 Å². The Morgan fingerprint density at radius 2 is 2.11 bits per heavy atom. The molecule has 1 atom stereocenters. The Labute approximate surface area is 161 Å². The molecule has 6 nitrogen and oxygen atoms in total. The van der Waals surface area contributed by atoms with Crippen LogP contribution in [0.15, 0.2) is 24.5 Å². The summed E-state index contributed by atoms with van der Waals surface area (Å²) in [7, 11) is 0. The van der Waals surface area contributed by atoms with Gasteiger partial charge in [-0.25, -0.2) is 4.79 Å².